The van der Waals surface area contributed by atoms with Crippen molar-refractivity contribution in [1.29, 1.82) is 0 Å². The Bertz CT molecular complexity index is 965. The minimum atomic E-state index is -0.0557. The van der Waals surface area contributed by atoms with Gasteiger partial charge in [-0.25, -0.2) is 4.98 Å². The summed E-state index contributed by atoms with van der Waals surface area (Å²) in [5.41, 5.74) is 2.24. The van der Waals surface area contributed by atoms with Crippen molar-refractivity contribution in [2.24, 2.45) is 0 Å². The van der Waals surface area contributed by atoms with Crippen LogP contribution in [0.5, 0.6) is 0 Å². The van der Waals surface area contributed by atoms with Crippen molar-refractivity contribution in [3.8, 4) is 0 Å². The van der Waals surface area contributed by atoms with E-state index in [0.717, 1.165) is 46.9 Å². The van der Waals surface area contributed by atoms with Gasteiger partial charge in [-0.1, -0.05) is 29.2 Å². The Balaban J connectivity index is 1.39. The molecule has 0 aromatic carbocycles. The lowest BCUT2D eigenvalue weighted by Gasteiger charge is -2.08. The van der Waals surface area contributed by atoms with Crippen molar-refractivity contribution < 1.29 is 4.74 Å². The smallest absolute Gasteiger partial charge is 0.258 e. The maximum Gasteiger partial charge on any atom is 0.258 e. The van der Waals surface area contributed by atoms with E-state index in [1.165, 1.54) is 23.1 Å². The maximum absolute atomic E-state index is 12.3. The van der Waals surface area contributed by atoms with Gasteiger partial charge in [0.2, 0.25) is 5.13 Å². The first kappa shape index (κ1) is 17.4. The van der Waals surface area contributed by atoms with Crippen LogP contribution in [-0.2, 0) is 10.5 Å². The Morgan fingerprint density at radius 1 is 1.42 bits per heavy atom. The highest BCUT2D eigenvalue weighted by Crippen LogP contribution is 2.28. The van der Waals surface area contributed by atoms with E-state index in [2.05, 4.69) is 20.5 Å². The number of nitrogens with one attached hydrogen (secondary N) is 1. The fourth-order valence-corrected chi connectivity index (χ4v) is 4.57. The summed E-state index contributed by atoms with van der Waals surface area (Å²) in [7, 11) is 0. The average Bonchev–Trinajstić information content (AvgIpc) is 3.30. The first-order chi connectivity index (χ1) is 12.7. The first-order valence-electron chi connectivity index (χ1n) is 8.49. The zero-order chi connectivity index (χ0) is 17.9. The first-order valence-corrected chi connectivity index (χ1v) is 10.3. The van der Waals surface area contributed by atoms with Crippen LogP contribution in [0.2, 0.25) is 0 Å². The Hall–Kier alpha value is -1.97. The van der Waals surface area contributed by atoms with Crippen LogP contribution in [0.1, 0.15) is 24.2 Å². The maximum atomic E-state index is 12.3. The quantitative estimate of drug-likeness (QED) is 0.649. The van der Waals surface area contributed by atoms with E-state index in [-0.39, 0.29) is 11.7 Å². The normalized spacial score (nSPS) is 17.0. The number of thioether (sulfide) groups is 1. The van der Waals surface area contributed by atoms with Crippen molar-refractivity contribution in [3.63, 3.8) is 0 Å². The lowest BCUT2D eigenvalue weighted by atomic mass is 10.2. The molecule has 0 bridgehead atoms. The van der Waals surface area contributed by atoms with Crippen LogP contribution in [0.3, 0.4) is 0 Å². The van der Waals surface area contributed by atoms with E-state index >= 15 is 0 Å². The van der Waals surface area contributed by atoms with E-state index in [4.69, 9.17) is 4.74 Å². The van der Waals surface area contributed by atoms with Crippen LogP contribution in [0.25, 0.3) is 5.65 Å². The predicted molar refractivity (Wildman–Crippen MR) is 103 cm³/mol. The number of fused-ring (bicyclic) bond motifs is 1. The third-order valence-electron chi connectivity index (χ3n) is 4.19. The summed E-state index contributed by atoms with van der Waals surface area (Å²) in [6, 6.07) is 7.24. The monoisotopic (exact) mass is 389 g/mol. The van der Waals surface area contributed by atoms with Crippen LogP contribution < -0.4 is 10.9 Å². The SMILES string of the molecule is Cc1cccc2nc(CSc3nnc(NC[C@H]4CCCO4)s3)cc(=O)n12. The summed E-state index contributed by atoms with van der Waals surface area (Å²) in [6.07, 6.45) is 2.49. The number of hydrogen-bond acceptors (Lipinski definition) is 8. The Kier molecular flexibility index (Phi) is 5.18. The van der Waals surface area contributed by atoms with E-state index < -0.39 is 0 Å². The Labute approximate surface area is 158 Å². The fourth-order valence-electron chi connectivity index (χ4n) is 2.92. The van der Waals surface area contributed by atoms with E-state index in [9.17, 15) is 4.79 Å². The standard InChI is InChI=1S/C17H19N5O2S2/c1-11-4-2-6-14-19-12(8-15(23)22(11)14)10-25-17-21-20-16(26-17)18-9-13-5-3-7-24-13/h2,4,6,8,13H,3,5,7,9-10H2,1H3,(H,18,20)/t13-/m1/s1. The summed E-state index contributed by atoms with van der Waals surface area (Å²) in [6.45, 7) is 3.51. The van der Waals surface area contributed by atoms with Crippen molar-refractivity contribution in [2.45, 2.75) is 36.0 Å². The molecule has 0 unspecified atom stereocenters. The van der Waals surface area contributed by atoms with Crippen molar-refractivity contribution in [2.75, 3.05) is 18.5 Å². The third-order valence-corrected chi connectivity index (χ3v) is 6.24. The van der Waals surface area contributed by atoms with Crippen molar-refractivity contribution in [3.05, 3.63) is 46.0 Å². The van der Waals surface area contributed by atoms with Gasteiger partial charge in [0.05, 0.1) is 11.8 Å². The molecule has 4 heterocycles. The fraction of sp³-hybridized carbons (Fsp3) is 0.412. The number of hydrogen-bond donors (Lipinski definition) is 1. The van der Waals surface area contributed by atoms with Gasteiger partial charge in [0.25, 0.3) is 5.56 Å². The second-order valence-corrected chi connectivity index (χ2v) is 8.32. The van der Waals surface area contributed by atoms with Gasteiger partial charge in [0.15, 0.2) is 4.34 Å². The molecule has 3 aromatic rings. The van der Waals surface area contributed by atoms with Crippen LogP contribution in [0, 0.1) is 6.92 Å². The summed E-state index contributed by atoms with van der Waals surface area (Å²) < 4.78 is 8.06. The average molecular weight is 390 g/mol. The molecule has 1 N–H and O–H groups in total. The van der Waals surface area contributed by atoms with Crippen molar-refractivity contribution >= 4 is 33.9 Å². The van der Waals surface area contributed by atoms with Gasteiger partial charge in [0, 0.05) is 30.7 Å². The summed E-state index contributed by atoms with van der Waals surface area (Å²) >= 11 is 3.05. The van der Waals surface area contributed by atoms with Gasteiger partial charge in [-0.3, -0.25) is 9.20 Å². The van der Waals surface area contributed by atoms with Gasteiger partial charge >= 0.3 is 0 Å². The molecule has 0 saturated carbocycles. The lowest BCUT2D eigenvalue weighted by molar-refractivity contribution is 0.120. The molecule has 136 valence electrons. The van der Waals surface area contributed by atoms with Crippen LogP contribution in [-0.4, -0.2) is 38.8 Å². The summed E-state index contributed by atoms with van der Waals surface area (Å²) in [5, 5.41) is 12.4. The van der Waals surface area contributed by atoms with Gasteiger partial charge < -0.3 is 10.1 Å². The molecule has 0 aliphatic carbocycles. The highest BCUT2D eigenvalue weighted by atomic mass is 32.2. The Morgan fingerprint density at radius 2 is 2.35 bits per heavy atom. The van der Waals surface area contributed by atoms with E-state index in [1.807, 2.05) is 25.1 Å². The molecule has 1 atom stereocenters. The lowest BCUT2D eigenvalue weighted by Crippen LogP contribution is -2.18. The van der Waals surface area contributed by atoms with E-state index in [0.29, 0.717) is 11.4 Å². The molecule has 26 heavy (non-hydrogen) atoms. The molecule has 1 aliphatic heterocycles. The number of ether oxygens (including phenoxy) is 1. The number of nitrogens with zero attached hydrogens (tertiary/aromatic N) is 4. The largest absolute Gasteiger partial charge is 0.376 e. The molecule has 0 amide bonds. The minimum Gasteiger partial charge on any atom is -0.376 e. The molecule has 1 aliphatic rings. The van der Waals surface area contributed by atoms with Crippen LogP contribution in [0.15, 0.2) is 33.4 Å². The molecule has 3 aromatic heterocycles. The van der Waals surface area contributed by atoms with Gasteiger partial charge in [0.1, 0.15) is 5.65 Å². The second kappa shape index (κ2) is 7.73. The van der Waals surface area contributed by atoms with Crippen LogP contribution in [0.4, 0.5) is 5.13 Å². The molecule has 0 spiro atoms. The highest BCUT2D eigenvalue weighted by molar-refractivity contribution is 8.00. The zero-order valence-corrected chi connectivity index (χ0v) is 16.0. The minimum absolute atomic E-state index is 0.0557. The molecule has 9 heteroatoms. The predicted octanol–water partition coefficient (Wildman–Crippen LogP) is 2.74. The number of pyridine rings is 1. The third kappa shape index (κ3) is 3.89. The molecule has 0 radical (unpaired) electrons. The number of aryl methyl sites for hydroxylation is 1. The molecule has 4 rings (SSSR count). The number of rotatable bonds is 6. The Morgan fingerprint density at radius 3 is 3.19 bits per heavy atom. The molecule has 1 saturated heterocycles. The van der Waals surface area contributed by atoms with Crippen LogP contribution >= 0.6 is 23.1 Å². The van der Waals surface area contributed by atoms with Gasteiger partial charge in [-0.2, -0.15) is 0 Å². The van der Waals surface area contributed by atoms with Gasteiger partial charge in [-0.15, -0.1) is 10.2 Å². The molecule has 7 nitrogen and oxygen atoms in total. The number of aromatic nitrogens is 4. The molecule has 1 fully saturated rings. The van der Waals surface area contributed by atoms with Crippen molar-refractivity contribution in [1.82, 2.24) is 19.6 Å². The van der Waals surface area contributed by atoms with Gasteiger partial charge in [-0.05, 0) is 31.9 Å². The second-order valence-electron chi connectivity index (χ2n) is 6.12. The number of anilines is 1. The topological polar surface area (TPSA) is 81.4 Å². The van der Waals surface area contributed by atoms with E-state index in [1.54, 1.807) is 10.5 Å². The highest BCUT2D eigenvalue weighted by Gasteiger charge is 2.16. The summed E-state index contributed by atoms with van der Waals surface area (Å²) in [4.78, 5) is 16.9. The molecular weight excluding hydrogens is 370 g/mol. The zero-order valence-electron chi connectivity index (χ0n) is 14.3. The summed E-state index contributed by atoms with van der Waals surface area (Å²) in [5.74, 6) is 0.583. The molecular formula is C17H19N5O2S2.